The lowest BCUT2D eigenvalue weighted by atomic mass is 9.92. The Hall–Kier alpha value is -1.93. The Morgan fingerprint density at radius 2 is 1.92 bits per heavy atom. The first-order valence-electron chi connectivity index (χ1n) is 8.76. The van der Waals surface area contributed by atoms with Crippen molar-refractivity contribution in [3.05, 3.63) is 18.0 Å². The van der Waals surface area contributed by atoms with Gasteiger partial charge in [0.15, 0.2) is 0 Å². The van der Waals surface area contributed by atoms with E-state index in [0.717, 1.165) is 5.69 Å². The van der Waals surface area contributed by atoms with Gasteiger partial charge in [-0.25, -0.2) is 14.8 Å². The van der Waals surface area contributed by atoms with E-state index in [1.54, 1.807) is 6.20 Å². The topological polar surface area (TPSA) is 97.4 Å². The molecule has 0 aliphatic carbocycles. The molecular weight excluding hydrogens is 322 g/mol. The van der Waals surface area contributed by atoms with Crippen LogP contribution in [-0.2, 0) is 14.9 Å². The van der Waals surface area contributed by atoms with Crippen LogP contribution in [0.25, 0.3) is 0 Å². The summed E-state index contributed by atoms with van der Waals surface area (Å²) in [6, 6.07) is 1.54. The minimum atomic E-state index is -0.196. The average Bonchev–Trinajstić information content (AvgIpc) is 3.11. The molecule has 2 amide bonds. The molecule has 1 aromatic heterocycles. The van der Waals surface area contributed by atoms with Crippen molar-refractivity contribution < 1.29 is 14.3 Å². The molecular formula is C17H27N5O3. The van der Waals surface area contributed by atoms with Crippen molar-refractivity contribution >= 4 is 12.0 Å². The number of aromatic nitrogens is 2. The molecule has 3 rings (SSSR count). The van der Waals surface area contributed by atoms with Gasteiger partial charge in [0.1, 0.15) is 12.2 Å². The Kier molecular flexibility index (Phi) is 5.10. The molecule has 2 aliphatic heterocycles. The van der Waals surface area contributed by atoms with Gasteiger partial charge in [-0.2, -0.15) is 0 Å². The largest absolute Gasteiger partial charge is 0.371 e. The van der Waals surface area contributed by atoms with E-state index in [9.17, 15) is 4.79 Å². The van der Waals surface area contributed by atoms with Crippen molar-refractivity contribution in [1.29, 1.82) is 0 Å². The molecule has 8 heteroatoms. The van der Waals surface area contributed by atoms with E-state index in [2.05, 4.69) is 46.7 Å². The van der Waals surface area contributed by atoms with Crippen LogP contribution in [0.3, 0.4) is 0 Å². The lowest BCUT2D eigenvalue weighted by Crippen LogP contribution is -2.48. The maximum atomic E-state index is 11.7. The zero-order valence-electron chi connectivity index (χ0n) is 15.2. The van der Waals surface area contributed by atoms with Gasteiger partial charge in [-0.15, -0.1) is 0 Å². The van der Waals surface area contributed by atoms with Crippen molar-refractivity contribution in [3.8, 4) is 0 Å². The number of anilines is 1. The van der Waals surface area contributed by atoms with Crippen LogP contribution in [0, 0.1) is 0 Å². The molecule has 0 bridgehead atoms. The Balaban J connectivity index is 1.62. The van der Waals surface area contributed by atoms with Crippen LogP contribution in [0.15, 0.2) is 12.3 Å². The van der Waals surface area contributed by atoms with E-state index >= 15 is 0 Å². The predicted octanol–water partition coefficient (Wildman–Crippen LogP) is 1.04. The normalized spacial score (nSPS) is 28.5. The number of urea groups is 1. The summed E-state index contributed by atoms with van der Waals surface area (Å²) in [7, 11) is 0. The number of hydrogen-bond donors (Lipinski definition) is 3. The fourth-order valence-corrected chi connectivity index (χ4v) is 3.14. The highest BCUT2D eigenvalue weighted by atomic mass is 16.6. The zero-order valence-corrected chi connectivity index (χ0v) is 15.2. The van der Waals surface area contributed by atoms with E-state index in [0.29, 0.717) is 25.7 Å². The van der Waals surface area contributed by atoms with Gasteiger partial charge < -0.3 is 25.4 Å². The summed E-state index contributed by atoms with van der Waals surface area (Å²) in [6.07, 6.45) is 1.47. The van der Waals surface area contributed by atoms with E-state index in [1.165, 1.54) is 0 Å². The predicted molar refractivity (Wildman–Crippen MR) is 93.6 cm³/mol. The van der Waals surface area contributed by atoms with Crippen LogP contribution in [0.4, 0.5) is 10.7 Å². The van der Waals surface area contributed by atoms with Crippen molar-refractivity contribution in [2.75, 3.05) is 25.1 Å². The summed E-state index contributed by atoms with van der Waals surface area (Å²) in [5, 5.41) is 8.96. The second-order valence-corrected chi connectivity index (χ2v) is 7.47. The average molecular weight is 349 g/mol. The van der Waals surface area contributed by atoms with Gasteiger partial charge in [0.05, 0.1) is 31.0 Å². The second kappa shape index (κ2) is 7.13. The first-order chi connectivity index (χ1) is 11.9. The third kappa shape index (κ3) is 4.01. The third-order valence-corrected chi connectivity index (χ3v) is 4.45. The van der Waals surface area contributed by atoms with E-state index in [4.69, 9.17) is 9.47 Å². The number of fused-ring (bicyclic) bond motifs is 1. The molecule has 138 valence electrons. The molecule has 1 aromatic rings. The summed E-state index contributed by atoms with van der Waals surface area (Å²) < 4.78 is 11.7. The number of nitrogens with one attached hydrogen (secondary N) is 3. The van der Waals surface area contributed by atoms with Crippen LogP contribution in [0.1, 0.15) is 33.4 Å². The summed E-state index contributed by atoms with van der Waals surface area (Å²) in [5.74, 6) is 0.574. The quantitative estimate of drug-likeness (QED) is 0.751. The first kappa shape index (κ1) is 17.9. The van der Waals surface area contributed by atoms with Crippen LogP contribution >= 0.6 is 0 Å². The molecule has 0 unspecified atom stereocenters. The van der Waals surface area contributed by atoms with Gasteiger partial charge in [-0.3, -0.25) is 0 Å². The van der Waals surface area contributed by atoms with E-state index in [-0.39, 0.29) is 35.7 Å². The van der Waals surface area contributed by atoms with Crippen LogP contribution in [0.2, 0.25) is 0 Å². The number of nitrogens with zero attached hydrogens (tertiary/aromatic N) is 2. The molecule has 2 saturated heterocycles. The number of ether oxygens (including phenoxy) is 2. The minimum Gasteiger partial charge on any atom is -0.371 e. The maximum absolute atomic E-state index is 11.7. The lowest BCUT2D eigenvalue weighted by Gasteiger charge is -2.21. The highest BCUT2D eigenvalue weighted by Gasteiger charge is 2.48. The van der Waals surface area contributed by atoms with Gasteiger partial charge in [-0.05, 0) is 13.0 Å². The van der Waals surface area contributed by atoms with Gasteiger partial charge in [-0.1, -0.05) is 20.8 Å². The van der Waals surface area contributed by atoms with Gasteiger partial charge >= 0.3 is 6.03 Å². The highest BCUT2D eigenvalue weighted by Crippen LogP contribution is 2.29. The molecule has 0 radical (unpaired) electrons. The molecule has 25 heavy (non-hydrogen) atoms. The molecule has 3 N–H and O–H groups in total. The van der Waals surface area contributed by atoms with E-state index < -0.39 is 0 Å². The fourth-order valence-electron chi connectivity index (χ4n) is 3.14. The highest BCUT2D eigenvalue weighted by molar-refractivity contribution is 5.74. The number of rotatable bonds is 4. The molecule has 0 aromatic carbocycles. The smallest absolute Gasteiger partial charge is 0.315 e. The number of carbonyl (C=O) groups excluding carboxylic acids is 1. The van der Waals surface area contributed by atoms with Crippen LogP contribution < -0.4 is 16.0 Å². The summed E-state index contributed by atoms with van der Waals surface area (Å²) in [5.41, 5.74) is 0.933. The second-order valence-electron chi connectivity index (χ2n) is 7.47. The number of hydrogen-bond acceptors (Lipinski definition) is 6. The molecule has 8 nitrogen and oxygen atoms in total. The lowest BCUT2D eigenvalue weighted by molar-refractivity contribution is 0.0682. The van der Waals surface area contributed by atoms with Gasteiger partial charge in [0.2, 0.25) is 5.95 Å². The molecule has 4 atom stereocenters. The molecule has 0 spiro atoms. The van der Waals surface area contributed by atoms with Crippen molar-refractivity contribution in [2.45, 2.75) is 57.4 Å². The summed E-state index contributed by atoms with van der Waals surface area (Å²) in [6.45, 7) is 9.74. The Labute approximate surface area is 148 Å². The van der Waals surface area contributed by atoms with Gasteiger partial charge in [0, 0.05) is 18.2 Å². The fraction of sp³-hybridized carbons (Fsp3) is 0.706. The molecule has 2 aliphatic rings. The van der Waals surface area contributed by atoms with E-state index in [1.807, 2.05) is 13.0 Å². The Morgan fingerprint density at radius 1 is 1.24 bits per heavy atom. The Morgan fingerprint density at radius 3 is 2.60 bits per heavy atom. The number of amides is 2. The van der Waals surface area contributed by atoms with Crippen LogP contribution in [-0.4, -0.2) is 60.0 Å². The molecule has 2 fully saturated rings. The molecule has 3 heterocycles. The van der Waals surface area contributed by atoms with Gasteiger partial charge in [0.25, 0.3) is 0 Å². The molecule has 0 saturated carbocycles. The third-order valence-electron chi connectivity index (χ3n) is 4.45. The minimum absolute atomic E-state index is 0.0405. The number of carbonyl (C=O) groups is 1. The van der Waals surface area contributed by atoms with Crippen molar-refractivity contribution in [3.63, 3.8) is 0 Å². The summed E-state index contributed by atoms with van der Waals surface area (Å²) >= 11 is 0. The standard InChI is InChI=1S/C17H27N5O3/c1-5-18-16(23)21-11-9-25-13-10(8-24-14(11)13)20-15-19-7-6-12(22-15)17(2,3)4/h6-7,10-11,13-14H,5,8-9H2,1-4H3,(H2,18,21,23)(H,19,20,22)/t10-,11-,13+,14+/m0/s1. The van der Waals surface area contributed by atoms with Crippen molar-refractivity contribution in [2.24, 2.45) is 0 Å². The Bertz CT molecular complexity index is 619. The SMILES string of the molecule is CCNC(=O)N[C@H]1CO[C@H]2[C@@H]1OC[C@@H]2Nc1nccc(C(C)(C)C)n1. The summed E-state index contributed by atoms with van der Waals surface area (Å²) in [4.78, 5) is 20.6. The van der Waals surface area contributed by atoms with Crippen LogP contribution in [0.5, 0.6) is 0 Å². The monoisotopic (exact) mass is 349 g/mol. The zero-order chi connectivity index (χ0) is 18.0. The first-order valence-corrected chi connectivity index (χ1v) is 8.76. The maximum Gasteiger partial charge on any atom is 0.315 e. The van der Waals surface area contributed by atoms with Crippen molar-refractivity contribution in [1.82, 2.24) is 20.6 Å².